The Balaban J connectivity index is 2.60. The fourth-order valence-corrected chi connectivity index (χ4v) is 2.71. The lowest BCUT2D eigenvalue weighted by molar-refractivity contribution is -0.116. The molecule has 0 aliphatic carbocycles. The highest BCUT2D eigenvalue weighted by atomic mass is 16.1. The molecule has 0 aliphatic heterocycles. The van der Waals surface area contributed by atoms with Crippen LogP contribution < -0.4 is 11.0 Å². The van der Waals surface area contributed by atoms with E-state index in [1.165, 1.54) is 6.92 Å². The van der Waals surface area contributed by atoms with Crippen LogP contribution in [0.4, 0.5) is 0 Å². The molecule has 2 aromatic carbocycles. The molecule has 1 aromatic heterocycles. The Labute approximate surface area is 139 Å². The molecular formula is C19H17N3O2. The van der Waals surface area contributed by atoms with Crippen LogP contribution >= 0.6 is 0 Å². The number of benzene rings is 2. The molecule has 0 bridgehead atoms. The van der Waals surface area contributed by atoms with Gasteiger partial charge in [-0.2, -0.15) is 4.99 Å². The summed E-state index contributed by atoms with van der Waals surface area (Å²) in [7, 11) is 0. The maximum absolute atomic E-state index is 12.8. The van der Waals surface area contributed by atoms with E-state index in [4.69, 9.17) is 0 Å². The summed E-state index contributed by atoms with van der Waals surface area (Å²) >= 11 is 0. The Morgan fingerprint density at radius 2 is 1.75 bits per heavy atom. The van der Waals surface area contributed by atoms with Crippen LogP contribution in [0.5, 0.6) is 0 Å². The fraction of sp³-hybridized carbons (Fsp3) is 0.158. The van der Waals surface area contributed by atoms with Gasteiger partial charge >= 0.3 is 0 Å². The van der Waals surface area contributed by atoms with Gasteiger partial charge in [0.2, 0.25) is 11.4 Å². The van der Waals surface area contributed by atoms with E-state index < -0.39 is 5.91 Å². The predicted octanol–water partition coefficient (Wildman–Crippen LogP) is 2.53. The van der Waals surface area contributed by atoms with E-state index in [-0.39, 0.29) is 11.0 Å². The molecule has 0 aliphatic rings. The van der Waals surface area contributed by atoms with Crippen LogP contribution in [-0.4, -0.2) is 15.5 Å². The normalized spacial score (nSPS) is 11.7. The van der Waals surface area contributed by atoms with Crippen molar-refractivity contribution in [2.24, 2.45) is 4.99 Å². The van der Waals surface area contributed by atoms with Gasteiger partial charge < -0.3 is 4.57 Å². The SMILES string of the molecule is CCn1c(=O)c(=NC(C)=O)nc(-c2ccccc2)c2ccccc21. The Morgan fingerprint density at radius 1 is 1.08 bits per heavy atom. The van der Waals surface area contributed by atoms with Crippen LogP contribution in [0.3, 0.4) is 0 Å². The van der Waals surface area contributed by atoms with Crippen LogP contribution in [0.2, 0.25) is 0 Å². The Kier molecular flexibility index (Phi) is 4.33. The second kappa shape index (κ2) is 6.58. The molecule has 120 valence electrons. The van der Waals surface area contributed by atoms with Gasteiger partial charge in [0.25, 0.3) is 5.56 Å². The number of rotatable bonds is 2. The van der Waals surface area contributed by atoms with Crippen LogP contribution in [0.1, 0.15) is 13.8 Å². The molecular weight excluding hydrogens is 302 g/mol. The molecule has 5 heteroatoms. The molecule has 0 unspecified atom stereocenters. The Bertz CT molecular complexity index is 1040. The highest BCUT2D eigenvalue weighted by Crippen LogP contribution is 2.23. The smallest absolute Gasteiger partial charge is 0.296 e. The number of fused-ring (bicyclic) bond motifs is 1. The molecule has 1 amide bonds. The van der Waals surface area contributed by atoms with Gasteiger partial charge in [-0.15, -0.1) is 0 Å². The summed E-state index contributed by atoms with van der Waals surface area (Å²) in [6.45, 7) is 3.66. The summed E-state index contributed by atoms with van der Waals surface area (Å²) in [6, 6.07) is 17.2. The molecule has 0 radical (unpaired) electrons. The van der Waals surface area contributed by atoms with Crippen molar-refractivity contribution in [1.29, 1.82) is 0 Å². The lowest BCUT2D eigenvalue weighted by atomic mass is 10.1. The quantitative estimate of drug-likeness (QED) is 0.729. The number of carbonyl (C=O) groups is 1. The van der Waals surface area contributed by atoms with Crippen molar-refractivity contribution >= 4 is 16.8 Å². The average molecular weight is 319 g/mol. The van der Waals surface area contributed by atoms with Crippen molar-refractivity contribution in [3.05, 3.63) is 70.4 Å². The minimum Gasteiger partial charge on any atom is -0.305 e. The molecule has 0 saturated carbocycles. The molecule has 0 atom stereocenters. The van der Waals surface area contributed by atoms with E-state index in [2.05, 4.69) is 9.98 Å². The van der Waals surface area contributed by atoms with E-state index in [0.29, 0.717) is 12.2 Å². The van der Waals surface area contributed by atoms with Crippen LogP contribution in [0.15, 0.2) is 64.4 Å². The minimum absolute atomic E-state index is 0.0839. The van der Waals surface area contributed by atoms with Gasteiger partial charge in [-0.1, -0.05) is 48.5 Å². The van der Waals surface area contributed by atoms with Gasteiger partial charge in [0.05, 0.1) is 11.2 Å². The molecule has 0 spiro atoms. The Hall–Kier alpha value is -3.08. The number of aromatic nitrogens is 2. The van der Waals surface area contributed by atoms with E-state index in [0.717, 1.165) is 16.5 Å². The summed E-state index contributed by atoms with van der Waals surface area (Å²) in [5.74, 6) is -0.448. The highest BCUT2D eigenvalue weighted by Gasteiger charge is 2.10. The van der Waals surface area contributed by atoms with Gasteiger partial charge in [-0.3, -0.25) is 9.59 Å². The molecule has 0 fully saturated rings. The first kappa shape index (κ1) is 15.8. The number of aryl methyl sites for hydroxylation is 1. The van der Waals surface area contributed by atoms with Gasteiger partial charge in [0.1, 0.15) is 0 Å². The van der Waals surface area contributed by atoms with Crippen molar-refractivity contribution in [2.75, 3.05) is 0 Å². The molecule has 3 rings (SSSR count). The predicted molar refractivity (Wildman–Crippen MR) is 93.4 cm³/mol. The first-order valence-corrected chi connectivity index (χ1v) is 7.76. The Morgan fingerprint density at radius 3 is 2.42 bits per heavy atom. The van der Waals surface area contributed by atoms with Crippen LogP contribution in [0.25, 0.3) is 22.2 Å². The number of nitrogens with zero attached hydrogens (tertiary/aromatic N) is 3. The third-order valence-corrected chi connectivity index (χ3v) is 3.73. The summed E-state index contributed by atoms with van der Waals surface area (Å²) in [6.07, 6.45) is 0. The van der Waals surface area contributed by atoms with Crippen LogP contribution in [-0.2, 0) is 11.3 Å². The van der Waals surface area contributed by atoms with Gasteiger partial charge in [-0.05, 0) is 13.0 Å². The van der Waals surface area contributed by atoms with Crippen LogP contribution in [0, 0.1) is 0 Å². The van der Waals surface area contributed by atoms with Gasteiger partial charge in [-0.25, -0.2) is 4.98 Å². The van der Waals surface area contributed by atoms with E-state index in [1.54, 1.807) is 4.57 Å². The van der Waals surface area contributed by atoms with E-state index in [9.17, 15) is 9.59 Å². The molecule has 5 nitrogen and oxygen atoms in total. The first-order valence-electron chi connectivity index (χ1n) is 7.76. The fourth-order valence-electron chi connectivity index (χ4n) is 2.71. The summed E-state index contributed by atoms with van der Waals surface area (Å²) in [4.78, 5) is 32.5. The number of hydrogen-bond acceptors (Lipinski definition) is 3. The van der Waals surface area contributed by atoms with Gasteiger partial charge in [0.15, 0.2) is 0 Å². The number of carbonyl (C=O) groups excluding carboxylic acids is 1. The monoisotopic (exact) mass is 319 g/mol. The maximum atomic E-state index is 12.8. The molecule has 1 heterocycles. The zero-order chi connectivity index (χ0) is 17.1. The summed E-state index contributed by atoms with van der Waals surface area (Å²) in [5.41, 5.74) is 1.81. The second-order valence-electron chi connectivity index (χ2n) is 5.35. The standard InChI is InChI=1S/C19H17N3O2/c1-3-22-16-12-8-7-11-15(16)17(14-9-5-4-6-10-14)21-18(19(22)24)20-13(2)23/h4-12H,3H2,1-2H3. The zero-order valence-corrected chi connectivity index (χ0v) is 13.6. The van der Waals surface area contributed by atoms with E-state index >= 15 is 0 Å². The maximum Gasteiger partial charge on any atom is 0.296 e. The number of para-hydroxylation sites is 1. The molecule has 24 heavy (non-hydrogen) atoms. The summed E-state index contributed by atoms with van der Waals surface area (Å²) < 4.78 is 1.59. The van der Waals surface area contributed by atoms with Crippen molar-refractivity contribution in [3.8, 4) is 11.3 Å². The molecule has 3 aromatic rings. The number of hydrogen-bond donors (Lipinski definition) is 0. The van der Waals surface area contributed by atoms with Crippen molar-refractivity contribution in [3.63, 3.8) is 0 Å². The molecule has 0 N–H and O–H groups in total. The minimum atomic E-state index is -0.448. The third-order valence-electron chi connectivity index (χ3n) is 3.73. The third kappa shape index (κ3) is 2.88. The molecule has 0 saturated heterocycles. The topological polar surface area (TPSA) is 64.3 Å². The highest BCUT2D eigenvalue weighted by molar-refractivity contribution is 5.92. The van der Waals surface area contributed by atoms with Crippen molar-refractivity contribution in [1.82, 2.24) is 9.55 Å². The lowest BCUT2D eigenvalue weighted by Crippen LogP contribution is -2.34. The van der Waals surface area contributed by atoms with Crippen molar-refractivity contribution in [2.45, 2.75) is 20.4 Å². The number of amides is 1. The first-order chi connectivity index (χ1) is 11.6. The van der Waals surface area contributed by atoms with Gasteiger partial charge in [0, 0.05) is 24.4 Å². The lowest BCUT2D eigenvalue weighted by Gasteiger charge is -2.04. The second-order valence-corrected chi connectivity index (χ2v) is 5.35. The summed E-state index contributed by atoms with van der Waals surface area (Å²) in [5, 5.41) is 0.840. The zero-order valence-electron chi connectivity index (χ0n) is 13.6. The van der Waals surface area contributed by atoms with E-state index in [1.807, 2.05) is 61.5 Å². The van der Waals surface area contributed by atoms with Crippen molar-refractivity contribution < 1.29 is 4.79 Å². The largest absolute Gasteiger partial charge is 0.305 e. The average Bonchev–Trinajstić information content (AvgIpc) is 2.70.